The molecule has 30 heavy (non-hydrogen) atoms. The predicted molar refractivity (Wildman–Crippen MR) is 123 cm³/mol. The van der Waals surface area contributed by atoms with Crippen LogP contribution in [0.5, 0.6) is 0 Å². The Hall–Kier alpha value is -2.25. The van der Waals surface area contributed by atoms with Gasteiger partial charge < -0.3 is 5.32 Å². The first kappa shape index (κ1) is 22.4. The predicted octanol–water partition coefficient (Wildman–Crippen LogP) is 6.32. The molecule has 5 nitrogen and oxygen atoms in total. The zero-order valence-corrected chi connectivity index (χ0v) is 19.0. The van der Waals surface area contributed by atoms with Gasteiger partial charge in [0.25, 0.3) is 15.9 Å². The molecular formula is C21H17Cl3N2O3S. The van der Waals surface area contributed by atoms with Crippen molar-refractivity contribution in [3.05, 3.63) is 86.4 Å². The molecule has 156 valence electrons. The van der Waals surface area contributed by atoms with Crippen LogP contribution >= 0.6 is 34.8 Å². The van der Waals surface area contributed by atoms with Gasteiger partial charge in [-0.2, -0.15) is 0 Å². The Balaban J connectivity index is 1.93. The number of para-hydroxylation sites is 1. The first-order chi connectivity index (χ1) is 14.1. The van der Waals surface area contributed by atoms with Crippen molar-refractivity contribution in [2.24, 2.45) is 0 Å². The van der Waals surface area contributed by atoms with Crippen LogP contribution in [0.25, 0.3) is 0 Å². The maximum Gasteiger partial charge on any atom is 0.263 e. The molecule has 0 heterocycles. The molecule has 1 amide bonds. The minimum Gasteiger partial charge on any atom is -0.319 e. The van der Waals surface area contributed by atoms with Crippen molar-refractivity contribution >= 4 is 62.1 Å². The molecule has 0 aliphatic heterocycles. The zero-order valence-electron chi connectivity index (χ0n) is 16.0. The fourth-order valence-electron chi connectivity index (χ4n) is 2.78. The summed E-state index contributed by atoms with van der Waals surface area (Å²) in [6.45, 7) is 3.71. The van der Waals surface area contributed by atoms with Crippen molar-refractivity contribution in [1.82, 2.24) is 0 Å². The third-order valence-electron chi connectivity index (χ3n) is 4.31. The Kier molecular flexibility index (Phi) is 6.62. The average Bonchev–Trinajstić information content (AvgIpc) is 2.67. The van der Waals surface area contributed by atoms with Gasteiger partial charge in [0.1, 0.15) is 4.90 Å². The van der Waals surface area contributed by atoms with Gasteiger partial charge in [-0.1, -0.05) is 58.6 Å². The lowest BCUT2D eigenvalue weighted by atomic mass is 10.1. The third kappa shape index (κ3) is 4.90. The quantitative estimate of drug-likeness (QED) is 0.446. The van der Waals surface area contributed by atoms with Gasteiger partial charge in [0, 0.05) is 5.56 Å². The molecule has 0 spiro atoms. The van der Waals surface area contributed by atoms with E-state index in [4.69, 9.17) is 34.8 Å². The van der Waals surface area contributed by atoms with Crippen LogP contribution in [0.1, 0.15) is 21.5 Å². The van der Waals surface area contributed by atoms with Gasteiger partial charge in [0.2, 0.25) is 0 Å². The van der Waals surface area contributed by atoms with E-state index in [1.165, 1.54) is 18.2 Å². The Morgan fingerprint density at radius 1 is 0.867 bits per heavy atom. The van der Waals surface area contributed by atoms with Gasteiger partial charge in [0.15, 0.2) is 0 Å². The number of halogens is 3. The highest BCUT2D eigenvalue weighted by Gasteiger charge is 2.22. The topological polar surface area (TPSA) is 75.3 Å². The van der Waals surface area contributed by atoms with Crippen molar-refractivity contribution < 1.29 is 13.2 Å². The summed E-state index contributed by atoms with van der Waals surface area (Å²) in [6.07, 6.45) is 0. The summed E-state index contributed by atoms with van der Waals surface area (Å²) in [6, 6.07) is 14.1. The summed E-state index contributed by atoms with van der Waals surface area (Å²) in [5.41, 5.74) is 2.51. The fraction of sp³-hybridized carbons (Fsp3) is 0.0952. The van der Waals surface area contributed by atoms with E-state index in [9.17, 15) is 13.2 Å². The van der Waals surface area contributed by atoms with Gasteiger partial charge in [-0.25, -0.2) is 8.42 Å². The summed E-state index contributed by atoms with van der Waals surface area (Å²) < 4.78 is 28.4. The molecule has 3 aromatic carbocycles. The van der Waals surface area contributed by atoms with Crippen LogP contribution in [-0.2, 0) is 10.0 Å². The zero-order chi connectivity index (χ0) is 22.1. The number of hydrogen-bond donors (Lipinski definition) is 2. The van der Waals surface area contributed by atoms with Crippen LogP contribution in [0.2, 0.25) is 15.1 Å². The van der Waals surface area contributed by atoms with Crippen molar-refractivity contribution in [2.45, 2.75) is 18.7 Å². The van der Waals surface area contributed by atoms with Gasteiger partial charge in [-0.05, 0) is 55.8 Å². The van der Waals surface area contributed by atoms with E-state index in [-0.39, 0.29) is 31.2 Å². The van der Waals surface area contributed by atoms with Crippen molar-refractivity contribution in [3.8, 4) is 0 Å². The number of amides is 1. The fourth-order valence-corrected chi connectivity index (χ4v) is 4.93. The molecule has 0 aliphatic carbocycles. The molecule has 2 N–H and O–H groups in total. The normalized spacial score (nSPS) is 11.2. The second kappa shape index (κ2) is 8.86. The van der Waals surface area contributed by atoms with E-state index >= 15 is 0 Å². The lowest BCUT2D eigenvalue weighted by molar-refractivity contribution is 0.102. The summed E-state index contributed by atoms with van der Waals surface area (Å²) in [4.78, 5) is 12.5. The van der Waals surface area contributed by atoms with Gasteiger partial charge in [0.05, 0.1) is 26.4 Å². The Morgan fingerprint density at radius 3 is 2.17 bits per heavy atom. The molecule has 0 saturated carbocycles. The van der Waals surface area contributed by atoms with Crippen molar-refractivity contribution in [1.29, 1.82) is 0 Å². The number of anilines is 2. The monoisotopic (exact) mass is 482 g/mol. The molecule has 0 bridgehead atoms. The Morgan fingerprint density at radius 2 is 1.53 bits per heavy atom. The minimum atomic E-state index is -4.04. The standard InChI is InChI=1S/C21H17Cl3N2O3S/c1-12-6-9-18(13(2)10-12)26-30(28,29)19-11-14(7-8-15(19)22)21(27)25-20-16(23)4-3-5-17(20)24/h3-11,26H,1-2H3,(H,25,27). The number of carbonyl (C=O) groups is 1. The lowest BCUT2D eigenvalue weighted by Gasteiger charge is -2.14. The van der Waals surface area contributed by atoms with Gasteiger partial charge in [-0.3, -0.25) is 9.52 Å². The molecule has 3 rings (SSSR count). The molecule has 0 unspecified atom stereocenters. The summed E-state index contributed by atoms with van der Waals surface area (Å²) >= 11 is 18.3. The van der Waals surface area contributed by atoms with E-state index in [0.29, 0.717) is 5.69 Å². The van der Waals surface area contributed by atoms with Crippen LogP contribution in [0, 0.1) is 13.8 Å². The smallest absolute Gasteiger partial charge is 0.263 e. The molecule has 0 radical (unpaired) electrons. The van der Waals surface area contributed by atoms with E-state index in [1.54, 1.807) is 37.3 Å². The largest absolute Gasteiger partial charge is 0.319 e. The number of sulfonamides is 1. The molecule has 0 fully saturated rings. The summed E-state index contributed by atoms with van der Waals surface area (Å²) in [5.74, 6) is -0.579. The number of nitrogens with one attached hydrogen (secondary N) is 2. The molecule has 0 aliphatic rings. The molecule has 3 aromatic rings. The molecule has 0 aromatic heterocycles. The van der Waals surface area contributed by atoms with E-state index in [1.807, 2.05) is 13.0 Å². The Labute approximate surface area is 190 Å². The van der Waals surface area contributed by atoms with Crippen LogP contribution in [0.4, 0.5) is 11.4 Å². The van der Waals surface area contributed by atoms with Crippen LogP contribution in [0.15, 0.2) is 59.5 Å². The first-order valence-corrected chi connectivity index (χ1v) is 11.3. The molecule has 0 atom stereocenters. The SMILES string of the molecule is Cc1ccc(NS(=O)(=O)c2cc(C(=O)Nc3c(Cl)cccc3Cl)ccc2Cl)c(C)c1. The van der Waals surface area contributed by atoms with E-state index in [0.717, 1.165) is 11.1 Å². The van der Waals surface area contributed by atoms with Crippen LogP contribution in [-0.4, -0.2) is 14.3 Å². The highest BCUT2D eigenvalue weighted by Crippen LogP contribution is 2.31. The summed E-state index contributed by atoms with van der Waals surface area (Å²) in [5, 5.41) is 3.10. The number of carbonyl (C=O) groups excluding carboxylic acids is 1. The van der Waals surface area contributed by atoms with Crippen molar-refractivity contribution in [2.75, 3.05) is 10.0 Å². The molecule has 9 heteroatoms. The van der Waals surface area contributed by atoms with Crippen molar-refractivity contribution in [3.63, 3.8) is 0 Å². The number of benzene rings is 3. The molecular weight excluding hydrogens is 467 g/mol. The highest BCUT2D eigenvalue weighted by atomic mass is 35.5. The van der Waals surface area contributed by atoms with Crippen LogP contribution < -0.4 is 10.0 Å². The summed E-state index contributed by atoms with van der Waals surface area (Å²) in [7, 11) is -4.04. The maximum absolute atomic E-state index is 12.9. The van der Waals surface area contributed by atoms with E-state index < -0.39 is 15.9 Å². The molecule has 0 saturated heterocycles. The third-order valence-corrected chi connectivity index (χ3v) is 6.79. The average molecular weight is 484 g/mol. The second-order valence-corrected chi connectivity index (χ2v) is 9.49. The number of hydrogen-bond acceptors (Lipinski definition) is 3. The Bertz CT molecular complexity index is 1220. The van der Waals surface area contributed by atoms with Gasteiger partial charge >= 0.3 is 0 Å². The second-order valence-electron chi connectivity index (χ2n) is 6.62. The van der Waals surface area contributed by atoms with E-state index in [2.05, 4.69) is 10.0 Å². The minimum absolute atomic E-state index is 0.0143. The van der Waals surface area contributed by atoms with Gasteiger partial charge in [-0.15, -0.1) is 0 Å². The maximum atomic E-state index is 12.9. The number of aryl methyl sites for hydroxylation is 2. The number of rotatable bonds is 5. The first-order valence-electron chi connectivity index (χ1n) is 8.73. The lowest BCUT2D eigenvalue weighted by Crippen LogP contribution is -2.17. The highest BCUT2D eigenvalue weighted by molar-refractivity contribution is 7.92. The van der Waals surface area contributed by atoms with Crippen LogP contribution in [0.3, 0.4) is 0 Å².